The first-order chi connectivity index (χ1) is 15.2. The van der Waals surface area contributed by atoms with Gasteiger partial charge in [-0.1, -0.05) is 41.9 Å². The van der Waals surface area contributed by atoms with Gasteiger partial charge >= 0.3 is 0 Å². The van der Waals surface area contributed by atoms with Crippen LogP contribution in [0.25, 0.3) is 32.2 Å². The fourth-order valence-electron chi connectivity index (χ4n) is 3.32. The number of hydrazone groups is 1. The third-order valence-corrected chi connectivity index (χ3v) is 6.02. The molecular formula is C23H16ClN5OS. The van der Waals surface area contributed by atoms with E-state index in [1.54, 1.807) is 24.7 Å². The first-order valence-corrected chi connectivity index (χ1v) is 10.7. The van der Waals surface area contributed by atoms with Crippen LogP contribution in [0, 0.1) is 0 Å². The van der Waals surface area contributed by atoms with Gasteiger partial charge in [0, 0.05) is 21.9 Å². The number of hydrogen-bond donors (Lipinski definition) is 1. The van der Waals surface area contributed by atoms with Gasteiger partial charge in [-0.3, -0.25) is 5.43 Å². The maximum Gasteiger partial charge on any atom is 0.159 e. The Morgan fingerprint density at radius 1 is 1.10 bits per heavy atom. The standard InChI is InChI=1S/C23H16ClN5OS/c1-30-17-7-8-19-15(10-17)9-16(21(24)28-19)11-27-29-22-20-18(14-5-3-2-4-6-14)12-31-23(20)26-13-25-22/h2-13H,1H3,(H,25,26,29). The Labute approximate surface area is 187 Å². The Hall–Kier alpha value is -3.55. The third-order valence-electron chi connectivity index (χ3n) is 4.83. The molecular weight excluding hydrogens is 430 g/mol. The van der Waals surface area contributed by atoms with Crippen molar-refractivity contribution in [3.63, 3.8) is 0 Å². The number of pyridine rings is 1. The van der Waals surface area contributed by atoms with Gasteiger partial charge in [0.2, 0.25) is 0 Å². The summed E-state index contributed by atoms with van der Waals surface area (Å²) in [4.78, 5) is 14.1. The Morgan fingerprint density at radius 2 is 1.97 bits per heavy atom. The summed E-state index contributed by atoms with van der Waals surface area (Å²) in [7, 11) is 1.63. The summed E-state index contributed by atoms with van der Waals surface area (Å²) in [5.41, 5.74) is 6.69. The van der Waals surface area contributed by atoms with Gasteiger partial charge < -0.3 is 4.74 Å². The maximum absolute atomic E-state index is 6.36. The molecule has 8 heteroatoms. The highest BCUT2D eigenvalue weighted by Gasteiger charge is 2.12. The number of thiophene rings is 1. The van der Waals surface area contributed by atoms with Crippen molar-refractivity contribution in [2.45, 2.75) is 0 Å². The smallest absolute Gasteiger partial charge is 0.159 e. The second-order valence-corrected chi connectivity index (χ2v) is 7.93. The van der Waals surface area contributed by atoms with Crippen LogP contribution < -0.4 is 10.2 Å². The van der Waals surface area contributed by atoms with Crippen LogP contribution in [-0.2, 0) is 0 Å². The number of halogens is 1. The second-order valence-electron chi connectivity index (χ2n) is 6.71. The van der Waals surface area contributed by atoms with E-state index < -0.39 is 0 Å². The van der Waals surface area contributed by atoms with Crippen LogP contribution in [0.15, 0.2) is 71.4 Å². The molecule has 5 aromatic rings. The maximum atomic E-state index is 6.36. The molecule has 0 aliphatic heterocycles. The number of rotatable bonds is 5. The number of fused-ring (bicyclic) bond motifs is 2. The summed E-state index contributed by atoms with van der Waals surface area (Å²) < 4.78 is 5.29. The number of nitrogens with one attached hydrogen (secondary N) is 1. The zero-order chi connectivity index (χ0) is 21.2. The molecule has 0 spiro atoms. The first kappa shape index (κ1) is 19.4. The number of nitrogens with zero attached hydrogens (tertiary/aromatic N) is 4. The van der Waals surface area contributed by atoms with Gasteiger partial charge in [-0.15, -0.1) is 11.3 Å². The summed E-state index contributed by atoms with van der Waals surface area (Å²) in [6, 6.07) is 17.7. The molecule has 0 saturated carbocycles. The predicted octanol–water partition coefficient (Wildman–Crippen LogP) is 6.01. The van der Waals surface area contributed by atoms with E-state index in [-0.39, 0.29) is 0 Å². The van der Waals surface area contributed by atoms with Gasteiger partial charge in [-0.05, 0) is 29.8 Å². The van der Waals surface area contributed by atoms with E-state index in [1.807, 2.05) is 42.5 Å². The van der Waals surface area contributed by atoms with Gasteiger partial charge in [0.1, 0.15) is 22.1 Å². The SMILES string of the molecule is COc1ccc2nc(Cl)c(C=NNc3ncnc4scc(-c5ccccc5)c34)cc2c1. The van der Waals surface area contributed by atoms with Crippen molar-refractivity contribution >= 4 is 56.1 Å². The van der Waals surface area contributed by atoms with Crippen molar-refractivity contribution < 1.29 is 4.74 Å². The number of ether oxygens (including phenoxy) is 1. The van der Waals surface area contributed by atoms with Gasteiger partial charge in [0.05, 0.1) is 24.2 Å². The monoisotopic (exact) mass is 445 g/mol. The molecule has 6 nitrogen and oxygen atoms in total. The highest BCUT2D eigenvalue weighted by Crippen LogP contribution is 2.36. The minimum Gasteiger partial charge on any atom is -0.497 e. The summed E-state index contributed by atoms with van der Waals surface area (Å²) in [5.74, 6) is 1.39. The fourth-order valence-corrected chi connectivity index (χ4v) is 4.43. The van der Waals surface area contributed by atoms with Crippen LogP contribution in [0.5, 0.6) is 5.75 Å². The molecule has 3 aromatic heterocycles. The Morgan fingerprint density at radius 3 is 2.81 bits per heavy atom. The molecule has 0 bridgehead atoms. The lowest BCUT2D eigenvalue weighted by molar-refractivity contribution is 0.415. The van der Waals surface area contributed by atoms with E-state index in [0.29, 0.717) is 16.5 Å². The van der Waals surface area contributed by atoms with Gasteiger partial charge in [0.25, 0.3) is 0 Å². The minimum atomic E-state index is 0.372. The average Bonchev–Trinajstić information content (AvgIpc) is 3.25. The molecule has 0 amide bonds. The van der Waals surface area contributed by atoms with Crippen molar-refractivity contribution in [3.8, 4) is 16.9 Å². The van der Waals surface area contributed by atoms with Crippen LogP contribution >= 0.6 is 22.9 Å². The molecule has 0 aliphatic carbocycles. The van der Waals surface area contributed by atoms with Crippen molar-refractivity contribution in [1.29, 1.82) is 0 Å². The molecule has 1 N–H and O–H groups in total. The lowest BCUT2D eigenvalue weighted by atomic mass is 10.1. The normalized spacial score (nSPS) is 11.4. The largest absolute Gasteiger partial charge is 0.497 e. The number of anilines is 1. The van der Waals surface area contributed by atoms with Crippen LogP contribution in [0.4, 0.5) is 5.82 Å². The predicted molar refractivity (Wildman–Crippen MR) is 127 cm³/mol. The van der Waals surface area contributed by atoms with Crippen LogP contribution in [0.2, 0.25) is 5.15 Å². The average molecular weight is 446 g/mol. The molecule has 3 heterocycles. The van der Waals surface area contributed by atoms with Crippen molar-refractivity contribution in [1.82, 2.24) is 15.0 Å². The molecule has 0 fully saturated rings. The Bertz CT molecular complexity index is 1420. The van der Waals surface area contributed by atoms with E-state index in [0.717, 1.165) is 38.0 Å². The first-order valence-electron chi connectivity index (χ1n) is 9.44. The highest BCUT2D eigenvalue weighted by atomic mass is 35.5. The van der Waals surface area contributed by atoms with Gasteiger partial charge in [-0.25, -0.2) is 15.0 Å². The minimum absolute atomic E-state index is 0.372. The van der Waals surface area contributed by atoms with E-state index in [2.05, 4.69) is 43.0 Å². The van der Waals surface area contributed by atoms with Crippen LogP contribution in [-0.4, -0.2) is 28.3 Å². The number of benzene rings is 2. The molecule has 31 heavy (non-hydrogen) atoms. The van der Waals surface area contributed by atoms with Crippen molar-refractivity contribution in [3.05, 3.63) is 77.0 Å². The van der Waals surface area contributed by atoms with Crippen LogP contribution in [0.3, 0.4) is 0 Å². The number of aromatic nitrogens is 3. The number of hydrogen-bond acceptors (Lipinski definition) is 7. The molecule has 0 aliphatic rings. The Kier molecular flexibility index (Phi) is 5.19. The van der Waals surface area contributed by atoms with Crippen LogP contribution in [0.1, 0.15) is 5.56 Å². The van der Waals surface area contributed by atoms with Crippen molar-refractivity contribution in [2.24, 2.45) is 5.10 Å². The number of methoxy groups -OCH3 is 1. The van der Waals surface area contributed by atoms with E-state index in [9.17, 15) is 0 Å². The summed E-state index contributed by atoms with van der Waals surface area (Å²) >= 11 is 7.93. The molecule has 0 saturated heterocycles. The second kappa shape index (κ2) is 8.29. The third kappa shape index (κ3) is 3.81. The molecule has 152 valence electrons. The summed E-state index contributed by atoms with van der Waals surface area (Å²) in [6.45, 7) is 0. The topological polar surface area (TPSA) is 72.3 Å². The Balaban J connectivity index is 1.49. The summed E-state index contributed by atoms with van der Waals surface area (Å²) in [5, 5.41) is 8.68. The van der Waals surface area contributed by atoms with Gasteiger partial charge in [-0.2, -0.15) is 5.10 Å². The lowest BCUT2D eigenvalue weighted by Gasteiger charge is -2.06. The van der Waals surface area contributed by atoms with E-state index >= 15 is 0 Å². The molecule has 0 radical (unpaired) electrons. The van der Waals surface area contributed by atoms with Crippen molar-refractivity contribution in [2.75, 3.05) is 12.5 Å². The zero-order valence-corrected chi connectivity index (χ0v) is 18.0. The zero-order valence-electron chi connectivity index (χ0n) is 16.4. The van der Waals surface area contributed by atoms with Gasteiger partial charge in [0.15, 0.2) is 5.82 Å². The summed E-state index contributed by atoms with van der Waals surface area (Å²) in [6.07, 6.45) is 3.17. The molecule has 0 atom stereocenters. The molecule has 5 rings (SSSR count). The fraction of sp³-hybridized carbons (Fsp3) is 0.0435. The van der Waals surface area contributed by atoms with E-state index in [4.69, 9.17) is 16.3 Å². The molecule has 2 aromatic carbocycles. The highest BCUT2D eigenvalue weighted by molar-refractivity contribution is 7.17. The quantitative estimate of drug-likeness (QED) is 0.203. The lowest BCUT2D eigenvalue weighted by Crippen LogP contribution is -1.97. The van der Waals surface area contributed by atoms with E-state index in [1.165, 1.54) is 6.33 Å². The molecule has 0 unspecified atom stereocenters.